The number of nitrogens with one attached hydrogen (secondary N) is 2. The minimum absolute atomic E-state index is 0.0551. The summed E-state index contributed by atoms with van der Waals surface area (Å²) in [4.78, 5) is 31.8. The lowest BCUT2D eigenvalue weighted by Crippen LogP contribution is -2.55. The standard InChI is InChI=1S/C28H34ClF3N4O4/c1-26(2,39)17-6-9-22(21(29)11-17)40-27(3,4)25(38)35-18-12-19-7-8-20(13-18)36(19)23-10-5-16(14-33-23)24(37)34-15-28(30,31)32/h5-6,9-11,14,18-20,39H,7-8,12-13,15H2,1-4H3,(H,34,37)(H,35,38). The highest BCUT2D eigenvalue weighted by Crippen LogP contribution is 2.39. The van der Waals surface area contributed by atoms with Crippen LogP contribution in [0.3, 0.4) is 0 Å². The van der Waals surface area contributed by atoms with Crippen molar-refractivity contribution in [3.05, 3.63) is 52.7 Å². The Morgan fingerprint density at radius 1 is 1.10 bits per heavy atom. The Morgan fingerprint density at radius 2 is 1.75 bits per heavy atom. The Morgan fingerprint density at radius 3 is 2.27 bits per heavy atom. The molecule has 4 rings (SSSR count). The number of rotatable bonds is 8. The molecule has 3 heterocycles. The van der Waals surface area contributed by atoms with Crippen LogP contribution in [0, 0.1) is 0 Å². The highest BCUT2D eigenvalue weighted by molar-refractivity contribution is 6.32. The summed E-state index contributed by atoms with van der Waals surface area (Å²) in [7, 11) is 0. The molecule has 218 valence electrons. The zero-order valence-corrected chi connectivity index (χ0v) is 23.6. The van der Waals surface area contributed by atoms with Crippen molar-refractivity contribution < 1.29 is 32.6 Å². The fourth-order valence-corrected chi connectivity index (χ4v) is 5.49. The molecule has 0 radical (unpaired) electrons. The number of piperidine rings is 1. The first-order valence-corrected chi connectivity index (χ1v) is 13.5. The molecule has 2 atom stereocenters. The largest absolute Gasteiger partial charge is 0.476 e. The summed E-state index contributed by atoms with van der Waals surface area (Å²) in [5.74, 6) is -0.121. The summed E-state index contributed by atoms with van der Waals surface area (Å²) < 4.78 is 43.2. The lowest BCUT2D eigenvalue weighted by molar-refractivity contribution is -0.135. The predicted molar refractivity (Wildman–Crippen MR) is 144 cm³/mol. The van der Waals surface area contributed by atoms with Crippen LogP contribution >= 0.6 is 11.6 Å². The third-order valence-corrected chi connectivity index (χ3v) is 7.64. The van der Waals surface area contributed by atoms with Gasteiger partial charge < -0.3 is 25.4 Å². The average molecular weight is 583 g/mol. The monoisotopic (exact) mass is 582 g/mol. The average Bonchev–Trinajstić information content (AvgIpc) is 3.12. The van der Waals surface area contributed by atoms with Crippen LogP contribution in [0.25, 0.3) is 0 Å². The molecule has 2 unspecified atom stereocenters. The molecule has 12 heteroatoms. The second-order valence-corrected chi connectivity index (χ2v) is 11.9. The Bertz CT molecular complexity index is 1230. The van der Waals surface area contributed by atoms with Crippen molar-refractivity contribution >= 4 is 29.2 Å². The summed E-state index contributed by atoms with van der Waals surface area (Å²) in [6, 6.07) is 8.25. The predicted octanol–water partition coefficient (Wildman–Crippen LogP) is 4.73. The number of hydrogen-bond acceptors (Lipinski definition) is 6. The number of aliphatic hydroxyl groups is 1. The maximum atomic E-state index is 13.2. The molecule has 2 aromatic rings. The van der Waals surface area contributed by atoms with Gasteiger partial charge in [0.2, 0.25) is 0 Å². The minimum Gasteiger partial charge on any atom is -0.476 e. The van der Waals surface area contributed by atoms with Crippen molar-refractivity contribution in [3.8, 4) is 5.75 Å². The van der Waals surface area contributed by atoms with E-state index in [-0.39, 0.29) is 29.6 Å². The molecule has 2 amide bonds. The number of halogens is 4. The minimum atomic E-state index is -4.49. The summed E-state index contributed by atoms with van der Waals surface area (Å²) in [5, 5.41) is 15.5. The van der Waals surface area contributed by atoms with Crippen LogP contribution in [-0.4, -0.2) is 58.4 Å². The summed E-state index contributed by atoms with van der Waals surface area (Å²) in [6.45, 7) is 5.24. The van der Waals surface area contributed by atoms with Gasteiger partial charge in [0.15, 0.2) is 5.60 Å². The van der Waals surface area contributed by atoms with Gasteiger partial charge in [0.25, 0.3) is 11.8 Å². The molecule has 2 saturated heterocycles. The van der Waals surface area contributed by atoms with Crippen LogP contribution in [0.1, 0.15) is 69.3 Å². The summed E-state index contributed by atoms with van der Waals surface area (Å²) >= 11 is 6.37. The first-order chi connectivity index (χ1) is 18.5. The van der Waals surface area contributed by atoms with E-state index in [1.54, 1.807) is 52.0 Å². The van der Waals surface area contributed by atoms with Gasteiger partial charge in [-0.2, -0.15) is 13.2 Å². The van der Waals surface area contributed by atoms with Gasteiger partial charge in [0, 0.05) is 24.3 Å². The normalized spacial score (nSPS) is 21.2. The van der Waals surface area contributed by atoms with Crippen molar-refractivity contribution in [1.82, 2.24) is 15.6 Å². The highest BCUT2D eigenvalue weighted by atomic mass is 35.5. The summed E-state index contributed by atoms with van der Waals surface area (Å²) in [6.07, 6.45) is 0.00203. The van der Waals surface area contributed by atoms with Crippen molar-refractivity contribution in [2.75, 3.05) is 11.4 Å². The highest BCUT2D eigenvalue weighted by Gasteiger charge is 2.43. The number of benzene rings is 1. The van der Waals surface area contributed by atoms with Crippen molar-refractivity contribution in [2.24, 2.45) is 0 Å². The molecule has 0 aliphatic carbocycles. The number of nitrogens with zero attached hydrogens (tertiary/aromatic N) is 2. The van der Waals surface area contributed by atoms with Gasteiger partial charge in [-0.1, -0.05) is 17.7 Å². The first kappa shape index (κ1) is 29.9. The first-order valence-electron chi connectivity index (χ1n) is 13.2. The molecule has 2 aliphatic heterocycles. The number of alkyl halides is 3. The van der Waals surface area contributed by atoms with Crippen LogP contribution in [0.4, 0.5) is 19.0 Å². The fourth-order valence-electron chi connectivity index (χ4n) is 5.27. The zero-order valence-electron chi connectivity index (χ0n) is 22.8. The van der Waals surface area contributed by atoms with E-state index in [1.807, 2.05) is 5.32 Å². The smallest absolute Gasteiger partial charge is 0.405 e. The van der Waals surface area contributed by atoms with E-state index >= 15 is 0 Å². The van der Waals surface area contributed by atoms with Crippen LogP contribution < -0.4 is 20.3 Å². The number of carbonyl (C=O) groups is 2. The van der Waals surface area contributed by atoms with E-state index in [4.69, 9.17) is 16.3 Å². The number of anilines is 1. The summed E-state index contributed by atoms with van der Waals surface area (Å²) in [5.41, 5.74) is -1.59. The molecule has 2 aliphatic rings. The third kappa shape index (κ3) is 6.98. The lowest BCUT2D eigenvalue weighted by Gasteiger charge is -2.40. The Labute approximate surface area is 236 Å². The second-order valence-electron chi connectivity index (χ2n) is 11.5. The zero-order chi connectivity index (χ0) is 29.5. The lowest BCUT2D eigenvalue weighted by atomic mass is 9.96. The molecule has 2 bridgehead atoms. The third-order valence-electron chi connectivity index (χ3n) is 7.34. The quantitative estimate of drug-likeness (QED) is 0.416. The molecule has 2 fully saturated rings. The van der Waals surface area contributed by atoms with Gasteiger partial charge in [-0.25, -0.2) is 4.98 Å². The van der Waals surface area contributed by atoms with E-state index < -0.39 is 29.8 Å². The van der Waals surface area contributed by atoms with Crippen molar-refractivity contribution in [2.45, 2.75) is 88.9 Å². The number of fused-ring (bicyclic) bond motifs is 2. The van der Waals surface area contributed by atoms with E-state index in [0.717, 1.165) is 12.8 Å². The number of amides is 2. The Hall–Kier alpha value is -3.05. The maximum Gasteiger partial charge on any atom is 0.405 e. The van der Waals surface area contributed by atoms with Gasteiger partial charge in [0.05, 0.1) is 16.2 Å². The molecule has 0 saturated carbocycles. The van der Waals surface area contributed by atoms with Gasteiger partial charge in [-0.3, -0.25) is 9.59 Å². The van der Waals surface area contributed by atoms with Crippen LogP contribution in [-0.2, 0) is 10.4 Å². The topological polar surface area (TPSA) is 104 Å². The number of aromatic nitrogens is 1. The number of ether oxygens (including phenoxy) is 1. The molecule has 8 nitrogen and oxygen atoms in total. The SMILES string of the molecule is CC(C)(Oc1ccc(C(C)(C)O)cc1Cl)C(=O)NC1CC2CCC(C1)N2c1ccc(C(=O)NCC(F)(F)F)cn1. The van der Waals surface area contributed by atoms with Gasteiger partial charge >= 0.3 is 6.18 Å². The Balaban J connectivity index is 1.35. The maximum absolute atomic E-state index is 13.2. The number of hydrogen-bond donors (Lipinski definition) is 3. The Kier molecular flexibility index (Phi) is 8.29. The molecule has 3 N–H and O–H groups in total. The van der Waals surface area contributed by atoms with Crippen LogP contribution in [0.2, 0.25) is 5.02 Å². The molecule has 1 aromatic carbocycles. The van der Waals surface area contributed by atoms with E-state index in [9.17, 15) is 27.9 Å². The van der Waals surface area contributed by atoms with Crippen LogP contribution in [0.5, 0.6) is 5.75 Å². The van der Waals surface area contributed by atoms with Crippen LogP contribution in [0.15, 0.2) is 36.5 Å². The molecule has 1 aromatic heterocycles. The van der Waals surface area contributed by atoms with E-state index in [1.165, 1.54) is 12.3 Å². The van der Waals surface area contributed by atoms with E-state index in [0.29, 0.717) is 35.0 Å². The van der Waals surface area contributed by atoms with Crippen molar-refractivity contribution in [3.63, 3.8) is 0 Å². The molecule has 40 heavy (non-hydrogen) atoms. The number of pyridine rings is 1. The molecular weight excluding hydrogens is 549 g/mol. The van der Waals surface area contributed by atoms with Gasteiger partial charge in [-0.05, 0) is 83.2 Å². The van der Waals surface area contributed by atoms with Gasteiger partial charge in [0.1, 0.15) is 18.1 Å². The molecule has 0 spiro atoms. The molecular formula is C28H34ClF3N4O4. The second kappa shape index (κ2) is 11.1. The fraction of sp³-hybridized carbons (Fsp3) is 0.536. The van der Waals surface area contributed by atoms with Gasteiger partial charge in [-0.15, -0.1) is 0 Å². The number of carbonyl (C=O) groups excluding carboxylic acids is 2. The van der Waals surface area contributed by atoms with E-state index in [2.05, 4.69) is 15.2 Å². The van der Waals surface area contributed by atoms with Crippen molar-refractivity contribution in [1.29, 1.82) is 0 Å².